The first-order valence-electron chi connectivity index (χ1n) is 5.74. The quantitative estimate of drug-likeness (QED) is 0.726. The lowest BCUT2D eigenvalue weighted by Gasteiger charge is -2.42. The van der Waals surface area contributed by atoms with Crippen LogP contribution < -0.4 is 0 Å². The standard InChI is InChI=1S/C11H22N2O3/c1-4-12-5-7-13(8-6-12)11(2,9-16-3)10(14)15/h4-9H2,1-3H3,(H,14,15). The van der Waals surface area contributed by atoms with Crippen LogP contribution in [0.1, 0.15) is 13.8 Å². The van der Waals surface area contributed by atoms with Gasteiger partial charge < -0.3 is 14.7 Å². The molecule has 0 aromatic carbocycles. The molecular weight excluding hydrogens is 208 g/mol. The average Bonchev–Trinajstić information content (AvgIpc) is 2.29. The topological polar surface area (TPSA) is 53.0 Å². The Morgan fingerprint density at radius 2 is 1.94 bits per heavy atom. The van der Waals surface area contributed by atoms with E-state index in [1.165, 1.54) is 0 Å². The third kappa shape index (κ3) is 2.72. The van der Waals surface area contributed by atoms with Gasteiger partial charge in [0.1, 0.15) is 5.54 Å². The van der Waals surface area contributed by atoms with Crippen molar-refractivity contribution < 1.29 is 14.6 Å². The number of carboxylic acids is 1. The number of aliphatic carboxylic acids is 1. The Morgan fingerprint density at radius 1 is 1.38 bits per heavy atom. The van der Waals surface area contributed by atoms with Crippen molar-refractivity contribution in [1.29, 1.82) is 0 Å². The van der Waals surface area contributed by atoms with E-state index < -0.39 is 11.5 Å². The van der Waals surface area contributed by atoms with Crippen LogP contribution in [0, 0.1) is 0 Å². The number of hydrogen-bond donors (Lipinski definition) is 1. The Bertz CT molecular complexity index is 239. The van der Waals surface area contributed by atoms with Gasteiger partial charge in [-0.05, 0) is 13.5 Å². The third-order valence-electron chi connectivity index (χ3n) is 3.40. The van der Waals surface area contributed by atoms with E-state index in [-0.39, 0.29) is 6.61 Å². The number of hydrogen-bond acceptors (Lipinski definition) is 4. The summed E-state index contributed by atoms with van der Waals surface area (Å²) in [6.45, 7) is 8.57. The maximum atomic E-state index is 11.3. The van der Waals surface area contributed by atoms with Crippen LogP contribution in [-0.2, 0) is 9.53 Å². The van der Waals surface area contributed by atoms with Gasteiger partial charge in [0.05, 0.1) is 6.61 Å². The van der Waals surface area contributed by atoms with Crippen LogP contribution >= 0.6 is 0 Å². The number of likely N-dealkylation sites (N-methyl/N-ethyl adjacent to an activating group) is 1. The molecule has 0 bridgehead atoms. The molecule has 0 aromatic rings. The molecule has 0 amide bonds. The third-order valence-corrected chi connectivity index (χ3v) is 3.40. The highest BCUT2D eigenvalue weighted by Crippen LogP contribution is 2.18. The molecular formula is C11H22N2O3. The second kappa shape index (κ2) is 5.61. The van der Waals surface area contributed by atoms with Gasteiger partial charge in [0.15, 0.2) is 0 Å². The highest BCUT2D eigenvalue weighted by Gasteiger charge is 2.40. The molecule has 5 nitrogen and oxygen atoms in total. The van der Waals surface area contributed by atoms with Crippen molar-refractivity contribution in [1.82, 2.24) is 9.80 Å². The van der Waals surface area contributed by atoms with Crippen molar-refractivity contribution >= 4 is 5.97 Å². The summed E-state index contributed by atoms with van der Waals surface area (Å²) >= 11 is 0. The number of piperazine rings is 1. The summed E-state index contributed by atoms with van der Waals surface area (Å²) < 4.78 is 5.04. The monoisotopic (exact) mass is 230 g/mol. The summed E-state index contributed by atoms with van der Waals surface area (Å²) in [5, 5.41) is 9.30. The molecule has 5 heteroatoms. The molecule has 1 rings (SSSR count). The first kappa shape index (κ1) is 13.4. The Hall–Kier alpha value is -0.650. The summed E-state index contributed by atoms with van der Waals surface area (Å²) in [6, 6.07) is 0. The minimum absolute atomic E-state index is 0.231. The first-order chi connectivity index (χ1) is 7.54. The average molecular weight is 230 g/mol. The summed E-state index contributed by atoms with van der Waals surface area (Å²) in [7, 11) is 1.55. The molecule has 1 heterocycles. The van der Waals surface area contributed by atoms with E-state index in [0.717, 1.165) is 32.7 Å². The first-order valence-corrected chi connectivity index (χ1v) is 5.74. The minimum Gasteiger partial charge on any atom is -0.480 e. The van der Waals surface area contributed by atoms with Crippen LogP contribution in [0.25, 0.3) is 0 Å². The van der Waals surface area contributed by atoms with E-state index in [1.54, 1.807) is 14.0 Å². The van der Waals surface area contributed by atoms with E-state index >= 15 is 0 Å². The molecule has 1 atom stereocenters. The molecule has 16 heavy (non-hydrogen) atoms. The second-order valence-electron chi connectivity index (χ2n) is 4.43. The Balaban J connectivity index is 2.64. The summed E-state index contributed by atoms with van der Waals surface area (Å²) in [5.41, 5.74) is -0.894. The number of nitrogens with zero attached hydrogens (tertiary/aromatic N) is 2. The highest BCUT2D eigenvalue weighted by molar-refractivity contribution is 5.78. The minimum atomic E-state index is -0.894. The van der Waals surface area contributed by atoms with Crippen molar-refractivity contribution in [2.24, 2.45) is 0 Å². The van der Waals surface area contributed by atoms with Crippen LogP contribution in [0.4, 0.5) is 0 Å². The predicted molar refractivity (Wildman–Crippen MR) is 61.6 cm³/mol. The normalized spacial score (nSPS) is 22.9. The van der Waals surface area contributed by atoms with E-state index in [1.807, 2.05) is 4.90 Å². The van der Waals surface area contributed by atoms with Crippen molar-refractivity contribution in [3.8, 4) is 0 Å². The van der Waals surface area contributed by atoms with Crippen molar-refractivity contribution in [2.45, 2.75) is 19.4 Å². The molecule has 1 aliphatic heterocycles. The fraction of sp³-hybridized carbons (Fsp3) is 0.909. The molecule has 0 saturated carbocycles. The van der Waals surface area contributed by atoms with Crippen LogP contribution in [0.2, 0.25) is 0 Å². The van der Waals surface area contributed by atoms with Gasteiger partial charge in [-0.1, -0.05) is 6.92 Å². The maximum absolute atomic E-state index is 11.3. The van der Waals surface area contributed by atoms with Gasteiger partial charge in [-0.25, -0.2) is 0 Å². The van der Waals surface area contributed by atoms with Crippen LogP contribution in [0.15, 0.2) is 0 Å². The van der Waals surface area contributed by atoms with E-state index in [9.17, 15) is 9.90 Å². The summed E-state index contributed by atoms with van der Waals surface area (Å²) in [4.78, 5) is 15.7. The Morgan fingerprint density at radius 3 is 2.31 bits per heavy atom. The lowest BCUT2D eigenvalue weighted by atomic mass is 10.00. The number of rotatable bonds is 5. The van der Waals surface area contributed by atoms with Crippen molar-refractivity contribution in [2.75, 3.05) is 46.4 Å². The molecule has 1 aliphatic rings. The van der Waals surface area contributed by atoms with Gasteiger partial charge >= 0.3 is 5.97 Å². The number of carboxylic acid groups (broad SMARTS) is 1. The van der Waals surface area contributed by atoms with Gasteiger partial charge in [-0.15, -0.1) is 0 Å². The largest absolute Gasteiger partial charge is 0.480 e. The smallest absolute Gasteiger partial charge is 0.326 e. The lowest BCUT2D eigenvalue weighted by Crippen LogP contribution is -2.61. The lowest BCUT2D eigenvalue weighted by molar-refractivity contribution is -0.155. The summed E-state index contributed by atoms with van der Waals surface area (Å²) in [5.74, 6) is -0.806. The van der Waals surface area contributed by atoms with Crippen molar-refractivity contribution in [3.05, 3.63) is 0 Å². The molecule has 94 valence electrons. The van der Waals surface area contributed by atoms with Crippen LogP contribution in [-0.4, -0.2) is 72.9 Å². The number of ether oxygens (including phenoxy) is 1. The van der Waals surface area contributed by atoms with E-state index in [0.29, 0.717) is 0 Å². The second-order valence-corrected chi connectivity index (χ2v) is 4.43. The molecule has 0 radical (unpaired) electrons. The molecule has 1 N–H and O–H groups in total. The van der Waals surface area contributed by atoms with Gasteiger partial charge in [0.25, 0.3) is 0 Å². The van der Waals surface area contributed by atoms with Crippen LogP contribution in [0.5, 0.6) is 0 Å². The molecule has 1 unspecified atom stereocenters. The predicted octanol–water partition coefficient (Wildman–Crippen LogP) is 0.114. The molecule has 0 aliphatic carbocycles. The number of methoxy groups -OCH3 is 1. The Kier molecular flexibility index (Phi) is 4.70. The van der Waals surface area contributed by atoms with Gasteiger partial charge in [-0.3, -0.25) is 9.69 Å². The zero-order chi connectivity index (χ0) is 12.2. The van der Waals surface area contributed by atoms with Crippen molar-refractivity contribution in [3.63, 3.8) is 0 Å². The van der Waals surface area contributed by atoms with Gasteiger partial charge in [0.2, 0.25) is 0 Å². The van der Waals surface area contributed by atoms with E-state index in [4.69, 9.17) is 4.74 Å². The Labute approximate surface area is 97.0 Å². The fourth-order valence-corrected chi connectivity index (χ4v) is 2.13. The van der Waals surface area contributed by atoms with Crippen LogP contribution in [0.3, 0.4) is 0 Å². The van der Waals surface area contributed by atoms with Gasteiger partial charge in [0, 0.05) is 33.3 Å². The molecule has 1 saturated heterocycles. The van der Waals surface area contributed by atoms with E-state index in [2.05, 4.69) is 11.8 Å². The zero-order valence-electron chi connectivity index (χ0n) is 10.4. The molecule has 0 spiro atoms. The zero-order valence-corrected chi connectivity index (χ0v) is 10.4. The fourth-order valence-electron chi connectivity index (χ4n) is 2.13. The highest BCUT2D eigenvalue weighted by atomic mass is 16.5. The van der Waals surface area contributed by atoms with Gasteiger partial charge in [-0.2, -0.15) is 0 Å². The molecule has 0 aromatic heterocycles. The maximum Gasteiger partial charge on any atom is 0.326 e. The molecule has 1 fully saturated rings. The summed E-state index contributed by atoms with van der Waals surface area (Å²) in [6.07, 6.45) is 0. The SMILES string of the molecule is CCN1CCN(C(C)(COC)C(=O)O)CC1. The number of carbonyl (C=O) groups is 1.